The van der Waals surface area contributed by atoms with Crippen LogP contribution in [0.25, 0.3) is 21.5 Å². The average molecular weight is 534 g/mol. The number of nitro benzene ring substituents is 1. The zero-order valence-electron chi connectivity index (χ0n) is 19.0. The molecule has 0 spiro atoms. The summed E-state index contributed by atoms with van der Waals surface area (Å²) in [5.41, 5.74) is 2.09. The van der Waals surface area contributed by atoms with Crippen LogP contribution in [0, 0.1) is 17.0 Å². The van der Waals surface area contributed by atoms with Gasteiger partial charge in [0.25, 0.3) is 17.5 Å². The smallest absolute Gasteiger partial charge is 0.322 e. The monoisotopic (exact) mass is 533 g/mol. The number of non-ortho nitro benzene ring substituents is 1. The summed E-state index contributed by atoms with van der Waals surface area (Å²) < 4.78 is 6.37. The number of aromatic nitrogens is 2. The highest BCUT2D eigenvalue weighted by atomic mass is 35.5. The number of rotatable bonds is 6. The number of carbonyl (C=O) groups is 2. The summed E-state index contributed by atoms with van der Waals surface area (Å²) in [5.74, 6) is -0.835. The number of hydrogen-bond donors (Lipinski definition) is 2. The number of nitrogens with zero attached hydrogens (tertiary/aromatic N) is 3. The molecule has 5 rings (SSSR count). The van der Waals surface area contributed by atoms with Crippen LogP contribution in [-0.2, 0) is 0 Å². The quantitative estimate of drug-likeness (QED) is 0.192. The minimum atomic E-state index is -0.537. The van der Waals surface area contributed by atoms with Crippen molar-refractivity contribution in [3.05, 3.63) is 97.9 Å². The first kappa shape index (κ1) is 24.1. The fourth-order valence-electron chi connectivity index (χ4n) is 3.53. The van der Waals surface area contributed by atoms with Gasteiger partial charge >= 0.3 is 6.01 Å². The van der Waals surface area contributed by atoms with Gasteiger partial charge in [0.1, 0.15) is 4.88 Å². The van der Waals surface area contributed by atoms with E-state index in [0.717, 1.165) is 15.6 Å². The van der Waals surface area contributed by atoms with E-state index >= 15 is 0 Å². The molecule has 2 N–H and O–H groups in total. The van der Waals surface area contributed by atoms with Crippen molar-refractivity contribution >= 4 is 62.2 Å². The molecule has 0 unspecified atom stereocenters. The average Bonchev–Trinajstić information content (AvgIpc) is 3.48. The van der Waals surface area contributed by atoms with Crippen molar-refractivity contribution in [3.63, 3.8) is 0 Å². The predicted molar refractivity (Wildman–Crippen MR) is 140 cm³/mol. The van der Waals surface area contributed by atoms with E-state index in [1.807, 2.05) is 25.1 Å². The topological polar surface area (TPSA) is 140 Å². The normalized spacial score (nSPS) is 10.9. The van der Waals surface area contributed by atoms with Gasteiger partial charge in [0.15, 0.2) is 0 Å². The minimum Gasteiger partial charge on any atom is -0.403 e. The summed E-state index contributed by atoms with van der Waals surface area (Å²) in [6.07, 6.45) is 0. The lowest BCUT2D eigenvalue weighted by atomic mass is 10.2. The van der Waals surface area contributed by atoms with Crippen LogP contribution in [0.3, 0.4) is 0 Å². The Kier molecular flexibility index (Phi) is 6.38. The Morgan fingerprint density at radius 2 is 1.78 bits per heavy atom. The number of benzene rings is 3. The molecule has 37 heavy (non-hydrogen) atoms. The number of thiophene rings is 1. The first-order valence-electron chi connectivity index (χ1n) is 10.8. The second-order valence-electron chi connectivity index (χ2n) is 7.95. The third kappa shape index (κ3) is 5.03. The van der Waals surface area contributed by atoms with Gasteiger partial charge < -0.3 is 9.73 Å². The van der Waals surface area contributed by atoms with E-state index in [-0.39, 0.29) is 29.1 Å². The van der Waals surface area contributed by atoms with Crippen LogP contribution < -0.4 is 10.6 Å². The lowest BCUT2D eigenvalue weighted by Crippen LogP contribution is -2.14. The Labute approximate surface area is 218 Å². The molecule has 10 nitrogen and oxygen atoms in total. The molecular formula is C25H16ClN5O5S. The largest absolute Gasteiger partial charge is 0.403 e. The Bertz CT molecular complexity index is 1680. The molecule has 0 atom stereocenters. The zero-order valence-corrected chi connectivity index (χ0v) is 20.6. The van der Waals surface area contributed by atoms with E-state index in [4.69, 9.17) is 16.0 Å². The van der Waals surface area contributed by atoms with Gasteiger partial charge in [-0.25, -0.2) is 0 Å². The van der Waals surface area contributed by atoms with Crippen LogP contribution in [0.1, 0.15) is 25.6 Å². The second-order valence-corrected chi connectivity index (χ2v) is 9.38. The molecule has 5 aromatic rings. The molecule has 2 aromatic heterocycles. The summed E-state index contributed by atoms with van der Waals surface area (Å²) in [7, 11) is 0. The molecule has 0 aliphatic heterocycles. The zero-order chi connectivity index (χ0) is 26.1. The Hall–Kier alpha value is -4.61. The fraction of sp³-hybridized carbons (Fsp3) is 0.0400. The first-order valence-corrected chi connectivity index (χ1v) is 12.0. The van der Waals surface area contributed by atoms with Gasteiger partial charge in [-0.2, -0.15) is 0 Å². The van der Waals surface area contributed by atoms with Gasteiger partial charge in [-0.15, -0.1) is 16.4 Å². The van der Waals surface area contributed by atoms with Gasteiger partial charge in [-0.1, -0.05) is 34.9 Å². The molecule has 3 aromatic carbocycles. The van der Waals surface area contributed by atoms with Crippen LogP contribution in [0.15, 0.2) is 71.1 Å². The molecule has 0 fully saturated rings. The molecule has 0 radical (unpaired) electrons. The SMILES string of the molecule is Cc1ccc2c(Cl)c(C(=O)Nc3cccc(C(=O)Nc4nnc(-c5ccc([N+](=O)[O-])cc5)o4)c3)sc2c1. The molecule has 0 bridgehead atoms. The molecule has 0 aliphatic carbocycles. The molecule has 0 saturated heterocycles. The van der Waals surface area contributed by atoms with Crippen molar-refractivity contribution < 1.29 is 18.9 Å². The van der Waals surface area contributed by atoms with Crippen LogP contribution in [-0.4, -0.2) is 26.9 Å². The van der Waals surface area contributed by atoms with Crippen molar-refractivity contribution in [2.75, 3.05) is 10.6 Å². The van der Waals surface area contributed by atoms with E-state index in [1.54, 1.807) is 18.2 Å². The van der Waals surface area contributed by atoms with Crippen LogP contribution in [0.2, 0.25) is 5.02 Å². The molecule has 2 amide bonds. The van der Waals surface area contributed by atoms with Gasteiger partial charge in [0, 0.05) is 39.0 Å². The summed E-state index contributed by atoms with van der Waals surface area (Å²) in [6, 6.07) is 17.5. The molecule has 12 heteroatoms. The maximum Gasteiger partial charge on any atom is 0.322 e. The third-order valence-corrected chi connectivity index (χ3v) is 7.00. The lowest BCUT2D eigenvalue weighted by Gasteiger charge is -2.06. The number of nitro groups is 1. The Morgan fingerprint density at radius 3 is 2.54 bits per heavy atom. The summed E-state index contributed by atoms with van der Waals surface area (Å²) in [5, 5.41) is 24.9. The number of nitrogens with one attached hydrogen (secondary N) is 2. The lowest BCUT2D eigenvalue weighted by molar-refractivity contribution is -0.384. The number of carbonyl (C=O) groups excluding carboxylic acids is 2. The first-order chi connectivity index (χ1) is 17.8. The number of hydrogen-bond acceptors (Lipinski definition) is 8. The van der Waals surface area contributed by atoms with Crippen LogP contribution >= 0.6 is 22.9 Å². The molecule has 2 heterocycles. The van der Waals surface area contributed by atoms with E-state index < -0.39 is 10.8 Å². The summed E-state index contributed by atoms with van der Waals surface area (Å²) in [4.78, 5) is 36.3. The van der Waals surface area contributed by atoms with E-state index in [1.165, 1.54) is 41.7 Å². The maximum atomic E-state index is 12.9. The highest BCUT2D eigenvalue weighted by Gasteiger charge is 2.19. The molecule has 0 saturated carbocycles. The molecule has 0 aliphatic rings. The highest BCUT2D eigenvalue weighted by molar-refractivity contribution is 7.21. The van der Waals surface area contributed by atoms with Crippen molar-refractivity contribution in [3.8, 4) is 11.5 Å². The van der Waals surface area contributed by atoms with Gasteiger partial charge in [0.05, 0.1) is 9.95 Å². The highest BCUT2D eigenvalue weighted by Crippen LogP contribution is 2.36. The van der Waals surface area contributed by atoms with E-state index in [0.29, 0.717) is 21.2 Å². The van der Waals surface area contributed by atoms with Crippen LogP contribution in [0.5, 0.6) is 0 Å². The Morgan fingerprint density at radius 1 is 1.00 bits per heavy atom. The van der Waals surface area contributed by atoms with E-state index in [2.05, 4.69) is 20.8 Å². The van der Waals surface area contributed by atoms with E-state index in [9.17, 15) is 19.7 Å². The minimum absolute atomic E-state index is 0.0755. The van der Waals surface area contributed by atoms with Crippen molar-refractivity contribution in [1.82, 2.24) is 10.2 Å². The molecular weight excluding hydrogens is 518 g/mol. The third-order valence-electron chi connectivity index (χ3n) is 5.34. The predicted octanol–water partition coefficient (Wildman–Crippen LogP) is 6.33. The standard InChI is InChI=1S/C25H16ClN5O5S/c1-13-5-10-18-19(11-13)37-21(20(18)26)23(33)27-16-4-2-3-15(12-16)22(32)28-25-30-29-24(36-25)14-6-8-17(9-7-14)31(34)35/h2-12H,1H3,(H,27,33)(H,28,30,32). The summed E-state index contributed by atoms with van der Waals surface area (Å²) >= 11 is 7.74. The number of anilines is 2. The number of amides is 2. The maximum absolute atomic E-state index is 12.9. The number of fused-ring (bicyclic) bond motifs is 1. The van der Waals surface area contributed by atoms with Gasteiger partial charge in [0.2, 0.25) is 5.89 Å². The van der Waals surface area contributed by atoms with Crippen molar-refractivity contribution in [2.45, 2.75) is 6.92 Å². The molecule has 184 valence electrons. The Balaban J connectivity index is 1.28. The number of aryl methyl sites for hydroxylation is 1. The van der Waals surface area contributed by atoms with Gasteiger partial charge in [-0.05, 0) is 48.9 Å². The number of halogens is 1. The van der Waals surface area contributed by atoms with Crippen molar-refractivity contribution in [2.24, 2.45) is 0 Å². The fourth-order valence-corrected chi connectivity index (χ4v) is 5.04. The second kappa shape index (κ2) is 9.80. The van der Waals surface area contributed by atoms with Crippen LogP contribution in [0.4, 0.5) is 17.4 Å². The summed E-state index contributed by atoms with van der Waals surface area (Å²) in [6.45, 7) is 1.97. The van der Waals surface area contributed by atoms with Crippen molar-refractivity contribution in [1.29, 1.82) is 0 Å². The van der Waals surface area contributed by atoms with Gasteiger partial charge in [-0.3, -0.25) is 25.0 Å².